The largest absolute Gasteiger partial charge is 0.461 e. The number of nitrogens with zero attached hydrogens (tertiary/aromatic N) is 2. The van der Waals surface area contributed by atoms with Crippen LogP contribution in [0.1, 0.15) is 17.4 Å². The molecule has 0 radical (unpaired) electrons. The van der Waals surface area contributed by atoms with Crippen LogP contribution in [0.2, 0.25) is 5.02 Å². The molecule has 0 unspecified atom stereocenters. The lowest BCUT2D eigenvalue weighted by molar-refractivity contribution is 0.0520. The fourth-order valence-corrected chi connectivity index (χ4v) is 2.20. The van der Waals surface area contributed by atoms with Gasteiger partial charge in [0.15, 0.2) is 11.5 Å². The third-order valence-corrected chi connectivity index (χ3v) is 3.38. The average molecular weight is 329 g/mol. The molecule has 0 aliphatic heterocycles. The molecule has 23 heavy (non-hydrogen) atoms. The number of benzene rings is 1. The van der Waals surface area contributed by atoms with Crippen LogP contribution in [-0.4, -0.2) is 22.5 Å². The van der Waals surface area contributed by atoms with Gasteiger partial charge in [0, 0.05) is 28.5 Å². The molecule has 0 saturated carbocycles. The van der Waals surface area contributed by atoms with Gasteiger partial charge in [0.1, 0.15) is 0 Å². The fourth-order valence-electron chi connectivity index (χ4n) is 2.07. The number of carbonyl (C=O) groups excluding carboxylic acids is 1. The van der Waals surface area contributed by atoms with Gasteiger partial charge in [0.05, 0.1) is 6.61 Å². The second kappa shape index (κ2) is 6.62. The third kappa shape index (κ3) is 3.24. The van der Waals surface area contributed by atoms with Crippen molar-refractivity contribution in [1.29, 1.82) is 0 Å². The SMILES string of the molecule is CCOC(=O)c1nc(-c2ccc(Cl)cc2)oc1-c1ccncc1. The van der Waals surface area contributed by atoms with Crippen molar-refractivity contribution in [2.75, 3.05) is 6.61 Å². The molecule has 0 N–H and O–H groups in total. The predicted octanol–water partition coefficient (Wildman–Crippen LogP) is 4.23. The average Bonchev–Trinajstić information content (AvgIpc) is 3.02. The quantitative estimate of drug-likeness (QED) is 0.670. The van der Waals surface area contributed by atoms with Gasteiger partial charge in [-0.05, 0) is 43.3 Å². The molecule has 3 rings (SSSR count). The second-order valence-corrected chi connectivity index (χ2v) is 5.10. The standard InChI is InChI=1S/C17H13ClN2O3/c1-2-22-17(21)14-15(11-7-9-19-10-8-11)23-16(20-14)12-3-5-13(18)6-4-12/h3-10H,2H2,1H3. The van der Waals surface area contributed by atoms with Crippen molar-refractivity contribution in [3.8, 4) is 22.8 Å². The number of aromatic nitrogens is 2. The van der Waals surface area contributed by atoms with Crippen LogP contribution in [0.25, 0.3) is 22.8 Å². The van der Waals surface area contributed by atoms with Gasteiger partial charge in [-0.3, -0.25) is 4.98 Å². The van der Waals surface area contributed by atoms with Crippen molar-refractivity contribution in [2.45, 2.75) is 6.92 Å². The van der Waals surface area contributed by atoms with E-state index in [9.17, 15) is 4.79 Å². The van der Waals surface area contributed by atoms with Crippen molar-refractivity contribution in [2.24, 2.45) is 0 Å². The molecular weight excluding hydrogens is 316 g/mol. The maximum Gasteiger partial charge on any atom is 0.361 e. The van der Waals surface area contributed by atoms with Crippen LogP contribution in [-0.2, 0) is 4.74 Å². The van der Waals surface area contributed by atoms with Crippen molar-refractivity contribution >= 4 is 17.6 Å². The zero-order valence-electron chi connectivity index (χ0n) is 12.3. The number of pyridine rings is 1. The number of halogens is 1. The number of esters is 1. The van der Waals surface area contributed by atoms with E-state index < -0.39 is 5.97 Å². The molecule has 0 saturated heterocycles. The zero-order valence-corrected chi connectivity index (χ0v) is 13.1. The van der Waals surface area contributed by atoms with E-state index in [2.05, 4.69) is 9.97 Å². The minimum atomic E-state index is -0.525. The van der Waals surface area contributed by atoms with E-state index in [4.69, 9.17) is 20.8 Å². The molecular formula is C17H13ClN2O3. The van der Waals surface area contributed by atoms with Crippen molar-refractivity contribution in [1.82, 2.24) is 9.97 Å². The van der Waals surface area contributed by atoms with Gasteiger partial charge in [-0.2, -0.15) is 0 Å². The van der Waals surface area contributed by atoms with E-state index in [-0.39, 0.29) is 12.3 Å². The van der Waals surface area contributed by atoms with Crippen LogP contribution in [0, 0.1) is 0 Å². The van der Waals surface area contributed by atoms with Gasteiger partial charge >= 0.3 is 5.97 Å². The normalized spacial score (nSPS) is 10.5. The first-order valence-corrected chi connectivity index (χ1v) is 7.41. The topological polar surface area (TPSA) is 65.2 Å². The van der Waals surface area contributed by atoms with Gasteiger partial charge in [0.2, 0.25) is 5.89 Å². The predicted molar refractivity (Wildman–Crippen MR) is 86.1 cm³/mol. The Morgan fingerprint density at radius 1 is 1.13 bits per heavy atom. The van der Waals surface area contributed by atoms with Crippen molar-refractivity contribution in [3.05, 3.63) is 59.5 Å². The molecule has 116 valence electrons. The summed E-state index contributed by atoms with van der Waals surface area (Å²) in [4.78, 5) is 20.4. The Labute approximate surface area is 137 Å². The summed E-state index contributed by atoms with van der Waals surface area (Å²) < 4.78 is 10.9. The number of hydrogen-bond donors (Lipinski definition) is 0. The van der Waals surface area contributed by atoms with E-state index in [1.54, 1.807) is 55.7 Å². The summed E-state index contributed by atoms with van der Waals surface area (Å²) >= 11 is 5.89. The first kappa shape index (κ1) is 15.2. The van der Waals surface area contributed by atoms with Gasteiger partial charge in [-0.1, -0.05) is 11.6 Å². The molecule has 0 aliphatic rings. The highest BCUT2D eigenvalue weighted by Gasteiger charge is 2.23. The van der Waals surface area contributed by atoms with Crippen LogP contribution in [0.3, 0.4) is 0 Å². The molecule has 0 aliphatic carbocycles. The van der Waals surface area contributed by atoms with E-state index >= 15 is 0 Å². The zero-order chi connectivity index (χ0) is 16.2. The molecule has 3 aromatic rings. The van der Waals surface area contributed by atoms with Crippen LogP contribution in [0.4, 0.5) is 0 Å². The molecule has 0 bridgehead atoms. The Hall–Kier alpha value is -2.66. The Morgan fingerprint density at radius 3 is 2.48 bits per heavy atom. The van der Waals surface area contributed by atoms with Crippen molar-refractivity contribution < 1.29 is 13.9 Å². The van der Waals surface area contributed by atoms with Crippen molar-refractivity contribution in [3.63, 3.8) is 0 Å². The minimum Gasteiger partial charge on any atom is -0.461 e. The Bertz CT molecular complexity index is 814. The van der Waals surface area contributed by atoms with Crippen LogP contribution in [0.15, 0.2) is 53.2 Å². The van der Waals surface area contributed by atoms with Gasteiger partial charge in [-0.25, -0.2) is 9.78 Å². The lowest BCUT2D eigenvalue weighted by Gasteiger charge is -2.00. The highest BCUT2D eigenvalue weighted by Crippen LogP contribution is 2.30. The lowest BCUT2D eigenvalue weighted by Crippen LogP contribution is -2.06. The molecule has 5 nitrogen and oxygen atoms in total. The summed E-state index contributed by atoms with van der Waals surface area (Å²) in [5, 5.41) is 0.611. The summed E-state index contributed by atoms with van der Waals surface area (Å²) in [5.74, 6) is 0.163. The van der Waals surface area contributed by atoms with Crippen LogP contribution in [0.5, 0.6) is 0 Å². The summed E-state index contributed by atoms with van der Waals surface area (Å²) in [6, 6.07) is 10.5. The Balaban J connectivity index is 2.10. The Morgan fingerprint density at radius 2 is 1.83 bits per heavy atom. The van der Waals surface area contributed by atoms with Gasteiger partial charge < -0.3 is 9.15 Å². The smallest absolute Gasteiger partial charge is 0.361 e. The number of oxazole rings is 1. The first-order chi connectivity index (χ1) is 11.2. The highest BCUT2D eigenvalue weighted by molar-refractivity contribution is 6.30. The van der Waals surface area contributed by atoms with E-state index in [0.29, 0.717) is 22.2 Å². The van der Waals surface area contributed by atoms with Crippen LogP contribution >= 0.6 is 11.6 Å². The summed E-state index contributed by atoms with van der Waals surface area (Å²) in [6.45, 7) is 2.00. The Kier molecular flexibility index (Phi) is 4.39. The second-order valence-electron chi connectivity index (χ2n) is 4.66. The number of hydrogen-bond acceptors (Lipinski definition) is 5. The molecule has 0 atom stereocenters. The van der Waals surface area contributed by atoms with Gasteiger partial charge in [0.25, 0.3) is 0 Å². The molecule has 2 aromatic heterocycles. The fraction of sp³-hybridized carbons (Fsp3) is 0.118. The maximum atomic E-state index is 12.2. The summed E-state index contributed by atoms with van der Waals surface area (Å²) in [7, 11) is 0. The molecule has 0 fully saturated rings. The number of carbonyl (C=O) groups is 1. The minimum absolute atomic E-state index is 0.142. The molecule has 0 spiro atoms. The van der Waals surface area contributed by atoms with Gasteiger partial charge in [-0.15, -0.1) is 0 Å². The third-order valence-electron chi connectivity index (χ3n) is 3.13. The van der Waals surface area contributed by atoms with E-state index in [1.165, 1.54) is 0 Å². The van der Waals surface area contributed by atoms with E-state index in [0.717, 1.165) is 5.56 Å². The lowest BCUT2D eigenvalue weighted by atomic mass is 10.2. The highest BCUT2D eigenvalue weighted by atomic mass is 35.5. The van der Waals surface area contributed by atoms with E-state index in [1.807, 2.05) is 0 Å². The molecule has 0 amide bonds. The monoisotopic (exact) mass is 328 g/mol. The first-order valence-electron chi connectivity index (χ1n) is 7.03. The van der Waals surface area contributed by atoms with Crippen LogP contribution < -0.4 is 0 Å². The summed E-state index contributed by atoms with van der Waals surface area (Å²) in [5.41, 5.74) is 1.57. The number of ether oxygens (including phenoxy) is 1. The molecule has 6 heteroatoms. The molecule has 2 heterocycles. The summed E-state index contributed by atoms with van der Waals surface area (Å²) in [6.07, 6.45) is 3.24. The number of rotatable bonds is 4. The molecule has 1 aromatic carbocycles. The maximum absolute atomic E-state index is 12.2.